The molecule has 2 aromatic carbocycles. The van der Waals surface area contributed by atoms with Crippen molar-refractivity contribution in [2.75, 3.05) is 34.4 Å². The molecule has 0 bridgehead atoms. The molecule has 0 saturated carbocycles. The Morgan fingerprint density at radius 1 is 1.07 bits per heavy atom. The van der Waals surface area contributed by atoms with Crippen LogP contribution in [0.25, 0.3) is 0 Å². The topological polar surface area (TPSA) is 94.2 Å². The molecule has 0 spiro atoms. The van der Waals surface area contributed by atoms with Crippen LogP contribution >= 0.6 is 0 Å². The molecule has 1 N–H and O–H groups in total. The summed E-state index contributed by atoms with van der Waals surface area (Å²) in [5.74, 6) is 1.02. The molecule has 2 rings (SSSR count). The van der Waals surface area contributed by atoms with Crippen molar-refractivity contribution in [2.24, 2.45) is 0 Å². The molecule has 0 aromatic heterocycles. The van der Waals surface area contributed by atoms with Gasteiger partial charge in [-0.3, -0.25) is 4.79 Å². The molecular formula is C21H28N2O6S. The molecule has 0 aliphatic rings. The SMILES string of the molecule is COc1ccc(S(=O)(=O)N(C)CC(=O)NC(C)COc2ccccc2C)cc1OC. The fourth-order valence-corrected chi connectivity index (χ4v) is 3.88. The van der Waals surface area contributed by atoms with Crippen LogP contribution in [0, 0.1) is 6.92 Å². The Hall–Kier alpha value is -2.78. The van der Waals surface area contributed by atoms with E-state index in [2.05, 4.69) is 5.32 Å². The zero-order chi connectivity index (χ0) is 22.3. The summed E-state index contributed by atoms with van der Waals surface area (Å²) < 4.78 is 42.6. The lowest BCUT2D eigenvalue weighted by Crippen LogP contribution is -2.43. The number of aryl methyl sites for hydroxylation is 1. The average Bonchev–Trinajstić information content (AvgIpc) is 2.72. The normalized spacial score (nSPS) is 12.3. The van der Waals surface area contributed by atoms with Crippen LogP contribution < -0.4 is 19.5 Å². The Kier molecular flexibility index (Phi) is 8.08. The van der Waals surface area contributed by atoms with Gasteiger partial charge in [-0.25, -0.2) is 8.42 Å². The van der Waals surface area contributed by atoms with Crippen molar-refractivity contribution in [3.8, 4) is 17.2 Å². The standard InChI is InChI=1S/C21H28N2O6S/c1-15-8-6-7-9-18(15)29-14-16(2)22-21(24)13-23(3)30(25,26)17-10-11-19(27-4)20(12-17)28-5/h6-12,16H,13-14H2,1-5H3,(H,22,24). The van der Waals surface area contributed by atoms with Gasteiger partial charge in [0.05, 0.1) is 31.7 Å². The number of likely N-dealkylation sites (N-methyl/N-ethyl adjacent to an activating group) is 1. The molecule has 8 nitrogen and oxygen atoms in total. The third-order valence-electron chi connectivity index (χ3n) is 4.42. The summed E-state index contributed by atoms with van der Waals surface area (Å²) in [6.07, 6.45) is 0. The minimum absolute atomic E-state index is 0.00591. The maximum Gasteiger partial charge on any atom is 0.243 e. The molecule has 2 aromatic rings. The van der Waals surface area contributed by atoms with E-state index in [1.54, 1.807) is 6.92 Å². The van der Waals surface area contributed by atoms with Gasteiger partial charge in [0.15, 0.2) is 11.5 Å². The third kappa shape index (κ3) is 5.87. The zero-order valence-corrected chi connectivity index (χ0v) is 18.7. The van der Waals surface area contributed by atoms with E-state index >= 15 is 0 Å². The van der Waals surface area contributed by atoms with Crippen molar-refractivity contribution in [3.63, 3.8) is 0 Å². The van der Waals surface area contributed by atoms with E-state index in [9.17, 15) is 13.2 Å². The molecule has 164 valence electrons. The highest BCUT2D eigenvalue weighted by Gasteiger charge is 2.25. The summed E-state index contributed by atoms with van der Waals surface area (Å²) in [5, 5.41) is 2.75. The van der Waals surface area contributed by atoms with E-state index < -0.39 is 15.9 Å². The molecule has 0 radical (unpaired) electrons. The second kappa shape index (κ2) is 10.3. The number of nitrogens with one attached hydrogen (secondary N) is 1. The molecule has 1 unspecified atom stereocenters. The third-order valence-corrected chi connectivity index (χ3v) is 6.22. The van der Waals surface area contributed by atoms with E-state index in [4.69, 9.17) is 14.2 Å². The first-order valence-corrected chi connectivity index (χ1v) is 10.8. The molecule has 0 heterocycles. The summed E-state index contributed by atoms with van der Waals surface area (Å²) >= 11 is 0. The molecule has 0 saturated heterocycles. The Balaban J connectivity index is 1.96. The van der Waals surface area contributed by atoms with Crippen LogP contribution in [0.15, 0.2) is 47.4 Å². The van der Waals surface area contributed by atoms with Gasteiger partial charge in [-0.1, -0.05) is 18.2 Å². The number of hydrogen-bond acceptors (Lipinski definition) is 6. The van der Waals surface area contributed by atoms with Crippen molar-refractivity contribution in [1.82, 2.24) is 9.62 Å². The Morgan fingerprint density at radius 3 is 2.37 bits per heavy atom. The highest BCUT2D eigenvalue weighted by molar-refractivity contribution is 7.89. The number of para-hydroxylation sites is 1. The van der Waals surface area contributed by atoms with E-state index in [0.29, 0.717) is 11.5 Å². The fourth-order valence-electron chi connectivity index (χ4n) is 2.74. The lowest BCUT2D eigenvalue weighted by atomic mass is 10.2. The van der Waals surface area contributed by atoms with Crippen LogP contribution in [0.4, 0.5) is 0 Å². The van der Waals surface area contributed by atoms with Gasteiger partial charge in [-0.15, -0.1) is 0 Å². The molecule has 30 heavy (non-hydrogen) atoms. The molecule has 1 atom stereocenters. The van der Waals surface area contributed by atoms with Crippen LogP contribution in [0.5, 0.6) is 17.2 Å². The van der Waals surface area contributed by atoms with Gasteiger partial charge in [-0.2, -0.15) is 4.31 Å². The minimum atomic E-state index is -3.88. The number of carbonyl (C=O) groups is 1. The second-order valence-corrected chi connectivity index (χ2v) is 8.87. The van der Waals surface area contributed by atoms with E-state index in [-0.39, 0.29) is 24.1 Å². The van der Waals surface area contributed by atoms with E-state index in [1.165, 1.54) is 39.5 Å². The van der Waals surface area contributed by atoms with Gasteiger partial charge in [0, 0.05) is 13.1 Å². The number of nitrogens with zero attached hydrogens (tertiary/aromatic N) is 1. The van der Waals surface area contributed by atoms with Crippen molar-refractivity contribution in [1.29, 1.82) is 0 Å². The predicted octanol–water partition coefficient (Wildman–Crippen LogP) is 2.22. The van der Waals surface area contributed by atoms with Crippen molar-refractivity contribution >= 4 is 15.9 Å². The number of methoxy groups -OCH3 is 2. The van der Waals surface area contributed by atoms with E-state index in [1.807, 2.05) is 31.2 Å². The lowest BCUT2D eigenvalue weighted by Gasteiger charge is -2.20. The highest BCUT2D eigenvalue weighted by Crippen LogP contribution is 2.30. The Morgan fingerprint density at radius 2 is 1.73 bits per heavy atom. The van der Waals surface area contributed by atoms with Gasteiger partial charge in [0.1, 0.15) is 12.4 Å². The monoisotopic (exact) mass is 436 g/mol. The number of sulfonamides is 1. The lowest BCUT2D eigenvalue weighted by molar-refractivity contribution is -0.121. The van der Waals surface area contributed by atoms with Gasteiger partial charge in [0.2, 0.25) is 15.9 Å². The maximum absolute atomic E-state index is 12.8. The number of rotatable bonds is 10. The molecule has 1 amide bonds. The Bertz CT molecular complexity index is 977. The van der Waals surface area contributed by atoms with Crippen LogP contribution in [0.3, 0.4) is 0 Å². The van der Waals surface area contributed by atoms with Crippen molar-refractivity contribution in [2.45, 2.75) is 24.8 Å². The van der Waals surface area contributed by atoms with Crippen molar-refractivity contribution < 1.29 is 27.4 Å². The average molecular weight is 437 g/mol. The highest BCUT2D eigenvalue weighted by atomic mass is 32.2. The number of ether oxygens (including phenoxy) is 3. The first-order chi connectivity index (χ1) is 14.2. The molecule has 9 heteroatoms. The largest absolute Gasteiger partial charge is 0.493 e. The van der Waals surface area contributed by atoms with Gasteiger partial charge >= 0.3 is 0 Å². The first-order valence-electron chi connectivity index (χ1n) is 9.35. The smallest absolute Gasteiger partial charge is 0.243 e. The predicted molar refractivity (Wildman–Crippen MR) is 114 cm³/mol. The van der Waals surface area contributed by atoms with Crippen LogP contribution in [-0.2, 0) is 14.8 Å². The van der Waals surface area contributed by atoms with Gasteiger partial charge in [-0.05, 0) is 37.6 Å². The second-order valence-electron chi connectivity index (χ2n) is 6.82. The zero-order valence-electron chi connectivity index (χ0n) is 17.8. The van der Waals surface area contributed by atoms with Crippen LogP contribution in [-0.4, -0.2) is 59.1 Å². The summed E-state index contributed by atoms with van der Waals surface area (Å²) in [7, 11) is 0.352. The van der Waals surface area contributed by atoms with E-state index in [0.717, 1.165) is 15.6 Å². The Labute approximate surface area is 177 Å². The summed E-state index contributed by atoms with van der Waals surface area (Å²) in [6, 6.07) is 11.6. The van der Waals surface area contributed by atoms with Gasteiger partial charge in [0.25, 0.3) is 0 Å². The maximum atomic E-state index is 12.8. The number of hydrogen-bond donors (Lipinski definition) is 1. The summed E-state index contributed by atoms with van der Waals surface area (Å²) in [5.41, 5.74) is 0.997. The molecule has 0 fully saturated rings. The summed E-state index contributed by atoms with van der Waals surface area (Å²) in [4.78, 5) is 12.3. The number of benzene rings is 2. The fraction of sp³-hybridized carbons (Fsp3) is 0.381. The minimum Gasteiger partial charge on any atom is -0.493 e. The number of amides is 1. The molecule has 0 aliphatic carbocycles. The van der Waals surface area contributed by atoms with Crippen LogP contribution in [0.1, 0.15) is 12.5 Å². The van der Waals surface area contributed by atoms with Gasteiger partial charge < -0.3 is 19.5 Å². The quantitative estimate of drug-likeness (QED) is 0.614. The van der Waals surface area contributed by atoms with Crippen molar-refractivity contribution in [3.05, 3.63) is 48.0 Å². The molecular weight excluding hydrogens is 408 g/mol. The first kappa shape index (κ1) is 23.5. The summed E-state index contributed by atoms with van der Waals surface area (Å²) in [6.45, 7) is 3.67. The number of carbonyl (C=O) groups excluding carboxylic acids is 1. The van der Waals surface area contributed by atoms with Crippen LogP contribution in [0.2, 0.25) is 0 Å². The molecule has 0 aliphatic heterocycles.